The van der Waals surface area contributed by atoms with E-state index in [1.807, 2.05) is 54.2 Å². The molecule has 2 amide bonds. The third kappa shape index (κ3) is 5.43. The summed E-state index contributed by atoms with van der Waals surface area (Å²) in [5, 5.41) is 10.9. The maximum atomic E-state index is 14.7. The maximum absolute atomic E-state index is 14.7. The summed E-state index contributed by atoms with van der Waals surface area (Å²) in [7, 11) is 3.67. The molecule has 1 N–H and O–H groups in total. The number of aromatic nitrogens is 3. The Balaban J connectivity index is 1.24. The van der Waals surface area contributed by atoms with Crippen molar-refractivity contribution >= 4 is 34.2 Å². The molecular formula is C39H33F2N5O5. The number of hydrogen-bond donors (Lipinski definition) is 1. The number of pyridine rings is 1. The Kier molecular flexibility index (Phi) is 7.74. The van der Waals surface area contributed by atoms with Gasteiger partial charge in [-0.05, 0) is 79.1 Å². The zero-order valence-electron chi connectivity index (χ0n) is 28.0. The second-order valence-corrected chi connectivity index (χ2v) is 12.8. The molecule has 0 unspecified atom stereocenters. The van der Waals surface area contributed by atoms with Crippen molar-refractivity contribution in [2.45, 2.75) is 32.4 Å². The highest BCUT2D eigenvalue weighted by atomic mass is 19.3. The number of amides is 2. The van der Waals surface area contributed by atoms with Crippen molar-refractivity contribution in [3.8, 4) is 28.5 Å². The topological polar surface area (TPSA) is 102 Å². The summed E-state index contributed by atoms with van der Waals surface area (Å²) in [6.07, 6.45) is 0.768. The number of phenols is 1. The lowest BCUT2D eigenvalue weighted by atomic mass is 9.92. The first kappa shape index (κ1) is 32.1. The monoisotopic (exact) mass is 689 g/mol. The minimum atomic E-state index is -2.77. The summed E-state index contributed by atoms with van der Waals surface area (Å²) in [6, 6.07) is 21.0. The van der Waals surface area contributed by atoms with Crippen molar-refractivity contribution in [2.24, 2.45) is 14.1 Å². The van der Waals surface area contributed by atoms with E-state index in [4.69, 9.17) is 9.47 Å². The van der Waals surface area contributed by atoms with Crippen LogP contribution in [0.1, 0.15) is 37.5 Å². The highest BCUT2D eigenvalue weighted by Gasteiger charge is 2.38. The molecule has 12 heteroatoms. The molecule has 10 nitrogen and oxygen atoms in total. The summed E-state index contributed by atoms with van der Waals surface area (Å²) < 4.78 is 44.1. The van der Waals surface area contributed by atoms with Crippen LogP contribution in [0.5, 0.6) is 17.2 Å². The Labute approximate surface area is 291 Å². The van der Waals surface area contributed by atoms with Gasteiger partial charge in [0.1, 0.15) is 11.4 Å². The van der Waals surface area contributed by atoms with Crippen LogP contribution in [0.4, 0.5) is 20.2 Å². The number of nitrogens with zero attached hydrogens (tertiary/aromatic N) is 5. The number of hydrogen-bond acceptors (Lipinski definition) is 6. The van der Waals surface area contributed by atoms with Gasteiger partial charge in [-0.15, -0.1) is 0 Å². The number of ether oxygens (including phenoxy) is 2. The number of fused-ring (bicyclic) bond motifs is 3. The van der Waals surface area contributed by atoms with Crippen molar-refractivity contribution in [3.63, 3.8) is 0 Å². The molecule has 5 heterocycles. The number of carbonyl (C=O) groups excluding carboxylic acids is 2. The SMILES string of the molecule is Cc1c(C(=O)N(c2ccc(O)cc2)c2cnc3c(ccn3C)c2)cc(-c2cc3c(cc2C(=O)N2Cc4ccccc4C[C@H]2C(F)F)OCO3)n1C. The molecule has 0 fully saturated rings. The van der Waals surface area contributed by atoms with Gasteiger partial charge in [0, 0.05) is 54.9 Å². The van der Waals surface area contributed by atoms with Crippen molar-refractivity contribution in [3.05, 3.63) is 119 Å². The van der Waals surface area contributed by atoms with Gasteiger partial charge in [-0.25, -0.2) is 13.8 Å². The first-order valence-electron chi connectivity index (χ1n) is 16.4. The number of phenolic OH excluding ortho intramolecular Hbond substituents is 1. The molecule has 3 aromatic carbocycles. The van der Waals surface area contributed by atoms with E-state index in [1.54, 1.807) is 49.0 Å². The number of carbonyl (C=O) groups is 2. The average Bonchev–Trinajstić information content (AvgIpc) is 3.84. The van der Waals surface area contributed by atoms with Crippen molar-refractivity contribution in [1.82, 2.24) is 19.0 Å². The van der Waals surface area contributed by atoms with Crippen LogP contribution in [0, 0.1) is 6.92 Å². The number of aryl methyl sites for hydroxylation is 1. The van der Waals surface area contributed by atoms with E-state index in [0.717, 1.165) is 22.2 Å². The molecule has 0 radical (unpaired) electrons. The highest BCUT2D eigenvalue weighted by Crippen LogP contribution is 2.42. The third-order valence-corrected chi connectivity index (χ3v) is 9.89. The predicted molar refractivity (Wildman–Crippen MR) is 187 cm³/mol. The molecule has 6 aromatic rings. The van der Waals surface area contributed by atoms with Gasteiger partial charge in [0.05, 0.1) is 29.1 Å². The van der Waals surface area contributed by atoms with Crippen LogP contribution >= 0.6 is 0 Å². The quantitative estimate of drug-likeness (QED) is 0.200. The van der Waals surface area contributed by atoms with Gasteiger partial charge in [-0.3, -0.25) is 14.5 Å². The summed E-state index contributed by atoms with van der Waals surface area (Å²) in [5.74, 6) is -0.181. The number of aromatic hydroxyl groups is 1. The lowest BCUT2D eigenvalue weighted by Crippen LogP contribution is -2.48. The van der Waals surface area contributed by atoms with E-state index in [0.29, 0.717) is 45.4 Å². The smallest absolute Gasteiger partial charge is 0.264 e. The summed E-state index contributed by atoms with van der Waals surface area (Å²) >= 11 is 0. The van der Waals surface area contributed by atoms with Crippen molar-refractivity contribution in [1.29, 1.82) is 0 Å². The summed E-state index contributed by atoms with van der Waals surface area (Å²) in [6.45, 7) is 1.77. The highest BCUT2D eigenvalue weighted by molar-refractivity contribution is 6.13. The van der Waals surface area contributed by atoms with Crippen LogP contribution in [0.15, 0.2) is 91.3 Å². The third-order valence-electron chi connectivity index (χ3n) is 9.89. The molecule has 0 spiro atoms. The first-order chi connectivity index (χ1) is 24.6. The van der Waals surface area contributed by atoms with E-state index in [-0.39, 0.29) is 37.0 Å². The van der Waals surface area contributed by atoms with Crippen molar-refractivity contribution in [2.75, 3.05) is 11.7 Å². The molecule has 2 aliphatic heterocycles. The fourth-order valence-corrected chi connectivity index (χ4v) is 7.03. The number of halogens is 2. The van der Waals surface area contributed by atoms with Crippen LogP contribution in [-0.4, -0.2) is 55.2 Å². The Bertz CT molecular complexity index is 2350. The predicted octanol–water partition coefficient (Wildman–Crippen LogP) is 7.13. The van der Waals surface area contributed by atoms with E-state index in [9.17, 15) is 23.5 Å². The average molecular weight is 690 g/mol. The van der Waals surface area contributed by atoms with Crippen LogP contribution in [0.3, 0.4) is 0 Å². The molecule has 1 atom stereocenters. The zero-order valence-corrected chi connectivity index (χ0v) is 28.0. The molecule has 51 heavy (non-hydrogen) atoms. The van der Waals surface area contributed by atoms with Gasteiger partial charge >= 0.3 is 0 Å². The standard InChI is InChI=1S/C39H33F2N5O5/c1-22-29(39(49)46(26-8-10-28(47)11-9-26)27-14-24-12-13-43(2)37(24)42-19-27)16-32(44(22)3)30-17-34-35(51-21-50-34)18-31(30)38(48)45-20-25-7-5-4-6-23(25)15-33(45)36(40)41/h4-14,16-19,33,36,47H,15,20-21H2,1-3H3/t33-/m0/s1. The Morgan fingerprint density at radius 1 is 0.922 bits per heavy atom. The van der Waals surface area contributed by atoms with E-state index in [1.165, 1.54) is 28.0 Å². The summed E-state index contributed by atoms with van der Waals surface area (Å²) in [5.41, 5.74) is 5.36. The molecule has 0 aliphatic carbocycles. The Morgan fingerprint density at radius 3 is 2.39 bits per heavy atom. The molecule has 2 aliphatic rings. The summed E-state index contributed by atoms with van der Waals surface area (Å²) in [4.78, 5) is 36.5. The van der Waals surface area contributed by atoms with Crippen LogP contribution in [0.2, 0.25) is 0 Å². The van der Waals surface area contributed by atoms with Gasteiger partial charge in [0.25, 0.3) is 18.2 Å². The Hall–Kier alpha value is -6.17. The van der Waals surface area contributed by atoms with Crippen molar-refractivity contribution < 1.29 is 33.0 Å². The van der Waals surface area contributed by atoms with Gasteiger partial charge < -0.3 is 28.6 Å². The minimum Gasteiger partial charge on any atom is -0.508 e. The van der Waals surface area contributed by atoms with Gasteiger partial charge in [-0.2, -0.15) is 0 Å². The van der Waals surface area contributed by atoms with Gasteiger partial charge in [0.2, 0.25) is 6.79 Å². The molecular weight excluding hydrogens is 656 g/mol. The zero-order chi connectivity index (χ0) is 35.6. The lowest BCUT2D eigenvalue weighted by Gasteiger charge is -2.37. The normalized spacial score (nSPS) is 15.0. The molecule has 0 bridgehead atoms. The fourth-order valence-electron chi connectivity index (χ4n) is 7.03. The Morgan fingerprint density at radius 2 is 1.65 bits per heavy atom. The largest absolute Gasteiger partial charge is 0.508 e. The van der Waals surface area contributed by atoms with E-state index in [2.05, 4.69) is 4.98 Å². The van der Waals surface area contributed by atoms with Gasteiger partial charge in [0.15, 0.2) is 11.5 Å². The molecule has 0 saturated heterocycles. The number of alkyl halides is 2. The van der Waals surface area contributed by atoms with Gasteiger partial charge in [-0.1, -0.05) is 24.3 Å². The number of rotatable bonds is 6. The second-order valence-electron chi connectivity index (χ2n) is 12.8. The molecule has 258 valence electrons. The van der Waals surface area contributed by atoms with E-state index >= 15 is 0 Å². The molecule has 3 aromatic heterocycles. The second kappa shape index (κ2) is 12.3. The minimum absolute atomic E-state index is 0.0230. The lowest BCUT2D eigenvalue weighted by molar-refractivity contribution is 0.0141. The number of benzene rings is 3. The molecule has 8 rings (SSSR count). The maximum Gasteiger partial charge on any atom is 0.264 e. The van der Waals surface area contributed by atoms with E-state index < -0.39 is 18.4 Å². The van der Waals surface area contributed by atoms with Crippen LogP contribution in [0.25, 0.3) is 22.3 Å². The fraction of sp³-hybridized carbons (Fsp3) is 0.205. The number of anilines is 2. The molecule has 0 saturated carbocycles. The first-order valence-corrected chi connectivity index (χ1v) is 16.4. The van der Waals surface area contributed by atoms with Crippen LogP contribution < -0.4 is 14.4 Å². The van der Waals surface area contributed by atoms with Crippen LogP contribution in [-0.2, 0) is 27.1 Å².